The number of fused-ring (bicyclic) bond motifs is 2. The van der Waals surface area contributed by atoms with Gasteiger partial charge in [0.25, 0.3) is 5.56 Å². The number of aromatic nitrogens is 2. The van der Waals surface area contributed by atoms with Crippen molar-refractivity contribution < 1.29 is 4.79 Å². The number of H-pyrrole nitrogens is 1. The number of ketones is 1. The SMILES string of the molecule is C=CCSc1nc2c(c(=O)[nH]1)[C@H](c1ccc(C)s1)[C@H]1C(=O)CCC=C1N2. The Bertz CT molecular complexity index is 973. The van der Waals surface area contributed by atoms with E-state index in [2.05, 4.69) is 27.9 Å². The van der Waals surface area contributed by atoms with Crippen molar-refractivity contribution in [3.05, 3.63) is 62.2 Å². The van der Waals surface area contributed by atoms with Gasteiger partial charge in [-0.05, 0) is 25.5 Å². The molecule has 2 N–H and O–H groups in total. The standard InChI is InChI=1S/C19H19N3O2S2/c1-3-9-25-19-21-17-16(18(24)22-19)15(13-8-7-10(2)26-13)14-11(20-17)5-4-6-12(14)23/h3,5,7-8,14-15H,1,4,6,9H2,2H3,(H2,20,21,22,24)/t14-,15-/m1/s1. The molecular formula is C19H19N3O2S2. The van der Waals surface area contributed by atoms with Crippen LogP contribution in [0.3, 0.4) is 0 Å². The van der Waals surface area contributed by atoms with E-state index in [9.17, 15) is 9.59 Å². The number of aromatic amines is 1. The Hall–Kier alpha value is -2.12. The zero-order valence-electron chi connectivity index (χ0n) is 14.4. The minimum absolute atomic E-state index is 0.178. The lowest BCUT2D eigenvalue weighted by Gasteiger charge is -2.35. The van der Waals surface area contributed by atoms with Crippen LogP contribution < -0.4 is 10.9 Å². The van der Waals surface area contributed by atoms with Crippen molar-refractivity contribution in [2.24, 2.45) is 5.92 Å². The quantitative estimate of drug-likeness (QED) is 0.475. The summed E-state index contributed by atoms with van der Waals surface area (Å²) in [6, 6.07) is 4.06. The number of thioether (sulfide) groups is 1. The summed E-state index contributed by atoms with van der Waals surface area (Å²) in [5.74, 6) is 0.802. The van der Waals surface area contributed by atoms with Gasteiger partial charge in [0.1, 0.15) is 11.6 Å². The molecule has 2 aromatic heterocycles. The van der Waals surface area contributed by atoms with Crippen LogP contribution in [0.5, 0.6) is 0 Å². The molecule has 2 atom stereocenters. The minimum atomic E-state index is -0.330. The molecule has 1 aliphatic carbocycles. The largest absolute Gasteiger partial charge is 0.343 e. The van der Waals surface area contributed by atoms with Gasteiger partial charge in [-0.25, -0.2) is 4.98 Å². The Balaban J connectivity index is 1.89. The van der Waals surface area contributed by atoms with E-state index < -0.39 is 0 Å². The molecule has 1 aliphatic heterocycles. The molecule has 0 unspecified atom stereocenters. The van der Waals surface area contributed by atoms with Gasteiger partial charge in [0, 0.05) is 33.5 Å². The fraction of sp³-hybridized carbons (Fsp3) is 0.316. The van der Waals surface area contributed by atoms with Crippen LogP contribution in [0, 0.1) is 12.8 Å². The van der Waals surface area contributed by atoms with Gasteiger partial charge in [-0.2, -0.15) is 0 Å². The highest BCUT2D eigenvalue weighted by Gasteiger charge is 2.42. The molecule has 3 heterocycles. The van der Waals surface area contributed by atoms with Gasteiger partial charge < -0.3 is 10.3 Å². The summed E-state index contributed by atoms with van der Waals surface area (Å²) in [4.78, 5) is 35.3. The van der Waals surface area contributed by atoms with Gasteiger partial charge in [-0.1, -0.05) is 23.9 Å². The zero-order chi connectivity index (χ0) is 18.3. The second-order valence-corrected chi connectivity index (χ2v) is 8.75. The first-order valence-electron chi connectivity index (χ1n) is 8.52. The van der Waals surface area contributed by atoms with Crippen molar-refractivity contribution in [2.45, 2.75) is 30.8 Å². The number of nitrogens with one attached hydrogen (secondary N) is 2. The number of allylic oxidation sites excluding steroid dienone is 2. The van der Waals surface area contributed by atoms with E-state index in [4.69, 9.17) is 0 Å². The Morgan fingerprint density at radius 1 is 1.38 bits per heavy atom. The van der Waals surface area contributed by atoms with Gasteiger partial charge in [-0.3, -0.25) is 9.59 Å². The number of carbonyl (C=O) groups excluding carboxylic acids is 1. The van der Waals surface area contributed by atoms with Gasteiger partial charge in [0.05, 0.1) is 11.5 Å². The minimum Gasteiger partial charge on any atom is -0.343 e. The van der Waals surface area contributed by atoms with E-state index >= 15 is 0 Å². The third-order valence-corrected chi connectivity index (χ3v) is 6.64. The van der Waals surface area contributed by atoms with Crippen LogP contribution in [-0.2, 0) is 4.79 Å². The van der Waals surface area contributed by atoms with E-state index in [1.807, 2.05) is 19.1 Å². The van der Waals surface area contributed by atoms with Crippen molar-refractivity contribution >= 4 is 34.7 Å². The fourth-order valence-electron chi connectivity index (χ4n) is 3.60. The molecule has 134 valence electrons. The number of aryl methyl sites for hydroxylation is 1. The van der Waals surface area contributed by atoms with E-state index in [0.717, 1.165) is 21.9 Å². The molecule has 0 spiro atoms. The van der Waals surface area contributed by atoms with Crippen LogP contribution in [-0.4, -0.2) is 21.5 Å². The number of thiophene rings is 1. The highest BCUT2D eigenvalue weighted by Crippen LogP contribution is 2.46. The third kappa shape index (κ3) is 2.95. The maximum Gasteiger partial charge on any atom is 0.257 e. The van der Waals surface area contributed by atoms with Crippen LogP contribution in [0.25, 0.3) is 0 Å². The average molecular weight is 386 g/mol. The molecule has 0 fully saturated rings. The second-order valence-electron chi connectivity index (χ2n) is 6.43. The molecule has 5 nitrogen and oxygen atoms in total. The van der Waals surface area contributed by atoms with Crippen LogP contribution in [0.15, 0.2) is 46.5 Å². The molecule has 26 heavy (non-hydrogen) atoms. The molecule has 7 heteroatoms. The van der Waals surface area contributed by atoms with Crippen molar-refractivity contribution in [3.8, 4) is 0 Å². The Morgan fingerprint density at radius 2 is 2.23 bits per heavy atom. The number of hydrogen-bond acceptors (Lipinski definition) is 6. The second kappa shape index (κ2) is 6.89. The lowest BCUT2D eigenvalue weighted by Crippen LogP contribution is -2.38. The van der Waals surface area contributed by atoms with Gasteiger partial charge in [0.2, 0.25) is 0 Å². The lowest BCUT2D eigenvalue weighted by molar-refractivity contribution is -0.122. The maximum atomic E-state index is 12.9. The molecule has 2 aromatic rings. The van der Waals surface area contributed by atoms with Crippen LogP contribution >= 0.6 is 23.1 Å². The van der Waals surface area contributed by atoms with Crippen LogP contribution in [0.2, 0.25) is 0 Å². The van der Waals surface area contributed by atoms with Gasteiger partial charge in [-0.15, -0.1) is 17.9 Å². The topological polar surface area (TPSA) is 74.8 Å². The summed E-state index contributed by atoms with van der Waals surface area (Å²) in [5, 5.41) is 3.83. The highest BCUT2D eigenvalue weighted by atomic mass is 32.2. The van der Waals surface area contributed by atoms with E-state index in [1.165, 1.54) is 11.8 Å². The van der Waals surface area contributed by atoms with Crippen LogP contribution in [0.1, 0.15) is 34.1 Å². The van der Waals surface area contributed by atoms with Gasteiger partial charge >= 0.3 is 0 Å². The summed E-state index contributed by atoms with van der Waals surface area (Å²) in [5.41, 5.74) is 1.26. The molecule has 0 saturated heterocycles. The smallest absolute Gasteiger partial charge is 0.257 e. The number of hydrogen-bond donors (Lipinski definition) is 2. The lowest BCUT2D eigenvalue weighted by atomic mass is 9.74. The third-order valence-electron chi connectivity index (χ3n) is 4.68. The van der Waals surface area contributed by atoms with Crippen molar-refractivity contribution in [2.75, 3.05) is 11.1 Å². The fourth-order valence-corrected chi connectivity index (χ4v) is 5.22. The average Bonchev–Trinajstić information content (AvgIpc) is 3.04. The normalized spacial score (nSPS) is 21.4. The molecule has 0 saturated carbocycles. The number of carbonyl (C=O) groups is 1. The number of anilines is 1. The number of nitrogens with zero attached hydrogens (tertiary/aromatic N) is 1. The first-order chi connectivity index (χ1) is 12.6. The molecule has 2 aliphatic rings. The number of rotatable bonds is 4. The van der Waals surface area contributed by atoms with Crippen molar-refractivity contribution in [1.82, 2.24) is 9.97 Å². The molecular weight excluding hydrogens is 366 g/mol. The summed E-state index contributed by atoms with van der Waals surface area (Å²) in [6.07, 6.45) is 5.09. The van der Waals surface area contributed by atoms with Gasteiger partial charge in [0.15, 0.2) is 5.16 Å². The molecule has 0 radical (unpaired) electrons. The summed E-state index contributed by atoms with van der Waals surface area (Å²) < 4.78 is 0. The van der Waals surface area contributed by atoms with Crippen molar-refractivity contribution in [1.29, 1.82) is 0 Å². The summed E-state index contributed by atoms with van der Waals surface area (Å²) >= 11 is 3.07. The van der Waals surface area contributed by atoms with E-state index in [-0.39, 0.29) is 23.2 Å². The molecule has 4 rings (SSSR count). The van der Waals surface area contributed by atoms with Crippen molar-refractivity contribution in [3.63, 3.8) is 0 Å². The van der Waals surface area contributed by atoms with Crippen LogP contribution in [0.4, 0.5) is 5.82 Å². The molecule has 0 bridgehead atoms. The zero-order valence-corrected chi connectivity index (χ0v) is 16.0. The number of Topliss-reactive ketones (excluding diaryl/α,β-unsaturated/α-hetero) is 1. The maximum absolute atomic E-state index is 12.9. The first kappa shape index (κ1) is 17.3. The summed E-state index contributed by atoms with van der Waals surface area (Å²) in [6.45, 7) is 5.74. The monoisotopic (exact) mass is 385 g/mol. The highest BCUT2D eigenvalue weighted by molar-refractivity contribution is 7.99. The first-order valence-corrected chi connectivity index (χ1v) is 10.3. The van der Waals surface area contributed by atoms with E-state index in [0.29, 0.717) is 28.7 Å². The Morgan fingerprint density at radius 3 is 2.96 bits per heavy atom. The molecule has 0 amide bonds. The predicted octanol–water partition coefficient (Wildman–Crippen LogP) is 3.84. The Kier molecular flexibility index (Phi) is 4.58. The molecule has 0 aromatic carbocycles. The Labute approximate surface area is 159 Å². The van der Waals surface area contributed by atoms with E-state index in [1.54, 1.807) is 17.4 Å². The predicted molar refractivity (Wildman–Crippen MR) is 106 cm³/mol. The summed E-state index contributed by atoms with van der Waals surface area (Å²) in [7, 11) is 0.